The van der Waals surface area contributed by atoms with Gasteiger partial charge in [0.2, 0.25) is 0 Å². The Labute approximate surface area is 116 Å². The Bertz CT molecular complexity index is 682. The molecule has 0 aliphatic carbocycles. The maximum absolute atomic E-state index is 12.5. The molecule has 0 saturated carbocycles. The van der Waals surface area contributed by atoms with Gasteiger partial charge in [0.15, 0.2) is 0 Å². The summed E-state index contributed by atoms with van der Waals surface area (Å²) in [7, 11) is -3.40. The molecule has 0 radical (unpaired) electrons. The minimum atomic E-state index is -3.40. The molecule has 4 nitrogen and oxygen atoms in total. The molecule has 19 heavy (non-hydrogen) atoms. The predicted molar refractivity (Wildman–Crippen MR) is 75.1 cm³/mol. The Morgan fingerprint density at radius 3 is 2.37 bits per heavy atom. The molecule has 0 spiro atoms. The van der Waals surface area contributed by atoms with E-state index < -0.39 is 10.0 Å². The first kappa shape index (κ1) is 12.8. The minimum absolute atomic E-state index is 0.367. The van der Waals surface area contributed by atoms with Crippen LogP contribution in [0.15, 0.2) is 39.9 Å². The quantitative estimate of drug-likeness (QED) is 0.940. The van der Waals surface area contributed by atoms with E-state index in [1.807, 2.05) is 24.3 Å². The van der Waals surface area contributed by atoms with Crippen molar-refractivity contribution in [1.29, 1.82) is 0 Å². The van der Waals surface area contributed by atoms with E-state index in [0.717, 1.165) is 16.7 Å². The third kappa shape index (κ3) is 2.21. The lowest BCUT2D eigenvalue weighted by atomic mass is 10.1. The fourth-order valence-corrected chi connectivity index (χ4v) is 4.97. The van der Waals surface area contributed by atoms with E-state index in [1.165, 1.54) is 15.6 Å². The van der Waals surface area contributed by atoms with Crippen molar-refractivity contribution < 1.29 is 8.42 Å². The third-order valence-electron chi connectivity index (χ3n) is 3.27. The number of fused-ring (bicyclic) bond motifs is 1. The van der Waals surface area contributed by atoms with Crippen LogP contribution in [0.2, 0.25) is 0 Å². The monoisotopic (exact) mass is 294 g/mol. The van der Waals surface area contributed by atoms with E-state index >= 15 is 0 Å². The lowest BCUT2D eigenvalue weighted by Crippen LogP contribution is -2.24. The normalized spacial score (nSPS) is 15.6. The van der Waals surface area contributed by atoms with Crippen LogP contribution in [-0.2, 0) is 29.7 Å². The minimum Gasteiger partial charge on any atom is -0.326 e. The van der Waals surface area contributed by atoms with E-state index in [0.29, 0.717) is 23.8 Å². The molecule has 0 fully saturated rings. The summed E-state index contributed by atoms with van der Waals surface area (Å²) in [5, 5.41) is 1.80. The Kier molecular flexibility index (Phi) is 3.18. The smallest absolute Gasteiger partial charge is 0.253 e. The van der Waals surface area contributed by atoms with E-state index in [-0.39, 0.29) is 0 Å². The summed E-state index contributed by atoms with van der Waals surface area (Å²) >= 11 is 1.24. The van der Waals surface area contributed by atoms with E-state index in [4.69, 9.17) is 5.73 Å². The van der Waals surface area contributed by atoms with Crippen molar-refractivity contribution in [3.05, 3.63) is 52.4 Å². The fourth-order valence-electron chi connectivity index (χ4n) is 2.19. The molecular weight excluding hydrogens is 280 g/mol. The highest BCUT2D eigenvalue weighted by atomic mass is 32.2. The van der Waals surface area contributed by atoms with Crippen LogP contribution < -0.4 is 5.73 Å². The molecule has 2 aromatic rings. The number of hydrogen-bond donors (Lipinski definition) is 1. The molecular formula is C13H14N2O2S2. The van der Waals surface area contributed by atoms with Crippen LogP contribution in [0.4, 0.5) is 0 Å². The van der Waals surface area contributed by atoms with Crippen LogP contribution in [0.5, 0.6) is 0 Å². The van der Waals surface area contributed by atoms with Gasteiger partial charge in [-0.3, -0.25) is 0 Å². The first-order chi connectivity index (χ1) is 9.11. The van der Waals surface area contributed by atoms with Crippen molar-refractivity contribution in [2.45, 2.75) is 23.8 Å². The fraction of sp³-hybridized carbons (Fsp3) is 0.231. The van der Waals surface area contributed by atoms with Gasteiger partial charge in [0.1, 0.15) is 4.21 Å². The maximum atomic E-state index is 12.5. The van der Waals surface area contributed by atoms with Crippen molar-refractivity contribution in [1.82, 2.24) is 4.31 Å². The molecule has 2 heterocycles. The van der Waals surface area contributed by atoms with Gasteiger partial charge in [0.05, 0.1) is 0 Å². The highest BCUT2D eigenvalue weighted by Crippen LogP contribution is 2.31. The van der Waals surface area contributed by atoms with Gasteiger partial charge in [-0.05, 0) is 28.1 Å². The highest BCUT2D eigenvalue weighted by molar-refractivity contribution is 7.91. The molecule has 1 aliphatic heterocycles. The SMILES string of the molecule is NCc1csc(S(=O)(=O)N2Cc3ccccc3C2)c1. The second-order valence-electron chi connectivity index (χ2n) is 4.52. The summed E-state index contributed by atoms with van der Waals surface area (Å²) in [6, 6.07) is 9.50. The second-order valence-corrected chi connectivity index (χ2v) is 7.60. The predicted octanol–water partition coefficient (Wildman–Crippen LogP) is 1.91. The molecule has 3 rings (SSSR count). The summed E-state index contributed by atoms with van der Waals surface area (Å²) in [6.07, 6.45) is 0. The van der Waals surface area contributed by atoms with Gasteiger partial charge >= 0.3 is 0 Å². The van der Waals surface area contributed by atoms with Crippen molar-refractivity contribution in [2.75, 3.05) is 0 Å². The van der Waals surface area contributed by atoms with Crippen LogP contribution in [0.3, 0.4) is 0 Å². The van der Waals surface area contributed by atoms with Gasteiger partial charge in [0, 0.05) is 19.6 Å². The molecule has 0 bridgehead atoms. The first-order valence-electron chi connectivity index (χ1n) is 5.95. The Morgan fingerprint density at radius 1 is 1.21 bits per heavy atom. The van der Waals surface area contributed by atoms with Gasteiger partial charge in [-0.2, -0.15) is 4.31 Å². The standard InChI is InChI=1S/C13H14N2O2S2/c14-6-10-5-13(18-9-10)19(16,17)15-7-11-3-1-2-4-12(11)8-15/h1-5,9H,6-8,14H2. The summed E-state index contributed by atoms with van der Waals surface area (Å²) in [6.45, 7) is 1.27. The molecule has 0 atom stereocenters. The first-order valence-corrected chi connectivity index (χ1v) is 8.27. The number of sulfonamides is 1. The molecule has 0 amide bonds. The van der Waals surface area contributed by atoms with Crippen molar-refractivity contribution >= 4 is 21.4 Å². The van der Waals surface area contributed by atoms with Gasteiger partial charge in [-0.1, -0.05) is 24.3 Å². The van der Waals surface area contributed by atoms with E-state index in [9.17, 15) is 8.42 Å². The van der Waals surface area contributed by atoms with Crippen molar-refractivity contribution in [3.63, 3.8) is 0 Å². The number of hydrogen-bond acceptors (Lipinski definition) is 4. The third-order valence-corrected chi connectivity index (χ3v) is 6.53. The van der Waals surface area contributed by atoms with Crippen LogP contribution in [-0.4, -0.2) is 12.7 Å². The van der Waals surface area contributed by atoms with Gasteiger partial charge < -0.3 is 5.73 Å². The summed E-state index contributed by atoms with van der Waals surface area (Å²) < 4.78 is 26.9. The number of thiophene rings is 1. The highest BCUT2D eigenvalue weighted by Gasteiger charge is 2.31. The lowest BCUT2D eigenvalue weighted by Gasteiger charge is -2.13. The van der Waals surface area contributed by atoms with Crippen LogP contribution >= 0.6 is 11.3 Å². The Morgan fingerprint density at radius 2 is 1.84 bits per heavy atom. The molecule has 0 unspecified atom stereocenters. The largest absolute Gasteiger partial charge is 0.326 e. The van der Waals surface area contributed by atoms with Crippen LogP contribution in [0, 0.1) is 0 Å². The van der Waals surface area contributed by atoms with Crippen LogP contribution in [0.25, 0.3) is 0 Å². The average Bonchev–Trinajstić information content (AvgIpc) is 3.05. The lowest BCUT2D eigenvalue weighted by molar-refractivity contribution is 0.433. The van der Waals surface area contributed by atoms with Crippen molar-refractivity contribution in [2.24, 2.45) is 5.73 Å². The van der Waals surface area contributed by atoms with E-state index in [1.54, 1.807) is 11.4 Å². The molecule has 1 aromatic heterocycles. The topological polar surface area (TPSA) is 63.4 Å². The molecule has 100 valence electrons. The van der Waals surface area contributed by atoms with Crippen molar-refractivity contribution in [3.8, 4) is 0 Å². The van der Waals surface area contributed by atoms with Gasteiger partial charge in [0.25, 0.3) is 10.0 Å². The zero-order valence-electron chi connectivity index (χ0n) is 10.2. The Balaban J connectivity index is 1.91. The number of rotatable bonds is 3. The number of nitrogens with zero attached hydrogens (tertiary/aromatic N) is 1. The van der Waals surface area contributed by atoms with Gasteiger partial charge in [-0.15, -0.1) is 11.3 Å². The van der Waals surface area contributed by atoms with Gasteiger partial charge in [-0.25, -0.2) is 8.42 Å². The second kappa shape index (κ2) is 4.72. The van der Waals surface area contributed by atoms with Crippen LogP contribution in [0.1, 0.15) is 16.7 Å². The zero-order chi connectivity index (χ0) is 13.5. The average molecular weight is 294 g/mol. The molecule has 1 aliphatic rings. The number of nitrogens with two attached hydrogens (primary N) is 1. The Hall–Kier alpha value is -1.21. The zero-order valence-corrected chi connectivity index (χ0v) is 11.9. The summed E-state index contributed by atoms with van der Waals surface area (Å²) in [5.41, 5.74) is 8.56. The molecule has 2 N–H and O–H groups in total. The molecule has 0 saturated heterocycles. The van der Waals surface area contributed by atoms with E-state index in [2.05, 4.69) is 0 Å². The molecule has 1 aromatic carbocycles. The maximum Gasteiger partial charge on any atom is 0.253 e. The summed E-state index contributed by atoms with van der Waals surface area (Å²) in [5.74, 6) is 0. The number of benzene rings is 1. The molecule has 6 heteroatoms. The summed E-state index contributed by atoms with van der Waals surface area (Å²) in [4.78, 5) is 0.